The summed E-state index contributed by atoms with van der Waals surface area (Å²) >= 11 is 4.64. The molecule has 0 amide bonds. The van der Waals surface area contributed by atoms with E-state index in [-0.39, 0.29) is 6.10 Å². The second kappa shape index (κ2) is 3.80. The first kappa shape index (κ1) is 7.85. The van der Waals surface area contributed by atoms with Crippen LogP contribution in [0.15, 0.2) is 0 Å². The molecule has 0 aliphatic carbocycles. The van der Waals surface area contributed by atoms with Crippen LogP contribution in [-0.2, 0) is 4.74 Å². The maximum absolute atomic E-state index is 5.23. The molecular formula is C5H11NOS. The van der Waals surface area contributed by atoms with Crippen LogP contribution < -0.4 is 5.73 Å². The molecule has 0 aromatic heterocycles. The Kier molecular flexibility index (Phi) is 3.73. The lowest BCUT2D eigenvalue weighted by molar-refractivity contribution is 0.123. The third-order valence-electron chi connectivity index (χ3n) is 0.817. The molecule has 0 rings (SSSR count). The number of ether oxygens (including phenoxy) is 1. The van der Waals surface area contributed by atoms with Crippen molar-refractivity contribution in [1.82, 2.24) is 0 Å². The summed E-state index contributed by atoms with van der Waals surface area (Å²) < 4.78 is 5.04. The quantitative estimate of drug-likeness (QED) is 0.575. The molecule has 2 N–H and O–H groups in total. The number of rotatable bonds is 3. The smallest absolute Gasteiger partial charge is 0.104 e. The number of thiocarbonyl (C=S) groups is 1. The largest absolute Gasteiger partial charge is 0.391 e. The van der Waals surface area contributed by atoms with Crippen LogP contribution in [0.3, 0.4) is 0 Å². The Morgan fingerprint density at radius 3 is 2.50 bits per heavy atom. The predicted octanol–water partition coefficient (Wildman–Crippen LogP) is 0.698. The highest BCUT2D eigenvalue weighted by Crippen LogP contribution is 1.88. The van der Waals surface area contributed by atoms with Crippen LogP contribution in [0, 0.1) is 0 Å². The van der Waals surface area contributed by atoms with Crippen molar-refractivity contribution < 1.29 is 4.74 Å². The van der Waals surface area contributed by atoms with Gasteiger partial charge in [0.1, 0.15) is 11.1 Å². The van der Waals surface area contributed by atoms with E-state index in [0.29, 0.717) is 11.6 Å². The van der Waals surface area contributed by atoms with Gasteiger partial charge in [0.25, 0.3) is 0 Å². The molecule has 0 bridgehead atoms. The SMILES string of the molecule is CCOC(C)C(N)=S. The topological polar surface area (TPSA) is 35.2 Å². The molecule has 0 saturated carbocycles. The molecule has 0 saturated heterocycles. The van der Waals surface area contributed by atoms with Gasteiger partial charge in [0.05, 0.1) is 0 Å². The van der Waals surface area contributed by atoms with Gasteiger partial charge >= 0.3 is 0 Å². The van der Waals surface area contributed by atoms with Gasteiger partial charge in [-0.25, -0.2) is 0 Å². The van der Waals surface area contributed by atoms with Crippen LogP contribution in [0.25, 0.3) is 0 Å². The van der Waals surface area contributed by atoms with Gasteiger partial charge in [0.15, 0.2) is 0 Å². The van der Waals surface area contributed by atoms with Gasteiger partial charge in [-0.1, -0.05) is 12.2 Å². The van der Waals surface area contributed by atoms with Gasteiger partial charge in [-0.05, 0) is 13.8 Å². The fourth-order valence-corrected chi connectivity index (χ4v) is 0.400. The van der Waals surface area contributed by atoms with E-state index in [1.807, 2.05) is 13.8 Å². The summed E-state index contributed by atoms with van der Waals surface area (Å²) in [6.45, 7) is 4.42. The molecule has 0 aliphatic rings. The van der Waals surface area contributed by atoms with Gasteiger partial charge in [0.2, 0.25) is 0 Å². The minimum atomic E-state index is -0.0741. The second-order valence-electron chi connectivity index (χ2n) is 1.50. The molecule has 0 spiro atoms. The molecule has 2 nitrogen and oxygen atoms in total. The third-order valence-corrected chi connectivity index (χ3v) is 1.15. The molecular weight excluding hydrogens is 122 g/mol. The lowest BCUT2D eigenvalue weighted by Gasteiger charge is -2.07. The lowest BCUT2D eigenvalue weighted by atomic mass is 10.4. The molecule has 48 valence electrons. The van der Waals surface area contributed by atoms with Gasteiger partial charge in [-0.2, -0.15) is 0 Å². The number of nitrogens with two attached hydrogens (primary N) is 1. The molecule has 0 heterocycles. The minimum Gasteiger partial charge on any atom is -0.391 e. The number of hydrogen-bond donors (Lipinski definition) is 1. The summed E-state index contributed by atoms with van der Waals surface area (Å²) in [5.41, 5.74) is 5.23. The molecule has 8 heavy (non-hydrogen) atoms. The Balaban J connectivity index is 3.32. The first-order valence-electron chi connectivity index (χ1n) is 2.59. The summed E-state index contributed by atoms with van der Waals surface area (Å²) in [5.74, 6) is 0. The van der Waals surface area contributed by atoms with Crippen molar-refractivity contribution in [2.75, 3.05) is 6.61 Å². The minimum absolute atomic E-state index is 0.0741. The molecule has 1 unspecified atom stereocenters. The Labute approximate surface area is 55.0 Å². The van der Waals surface area contributed by atoms with E-state index in [9.17, 15) is 0 Å². The van der Waals surface area contributed by atoms with Crippen molar-refractivity contribution in [2.24, 2.45) is 5.73 Å². The molecule has 0 aromatic rings. The van der Waals surface area contributed by atoms with E-state index in [0.717, 1.165) is 0 Å². The van der Waals surface area contributed by atoms with E-state index in [4.69, 9.17) is 10.5 Å². The van der Waals surface area contributed by atoms with Crippen LogP contribution >= 0.6 is 12.2 Å². The van der Waals surface area contributed by atoms with Crippen LogP contribution in [0.4, 0.5) is 0 Å². The van der Waals surface area contributed by atoms with Crippen LogP contribution in [0.2, 0.25) is 0 Å². The highest BCUT2D eigenvalue weighted by Gasteiger charge is 2.00. The van der Waals surface area contributed by atoms with Crippen molar-refractivity contribution in [2.45, 2.75) is 20.0 Å². The maximum Gasteiger partial charge on any atom is 0.104 e. The summed E-state index contributed by atoms with van der Waals surface area (Å²) in [6, 6.07) is 0. The normalized spacial score (nSPS) is 13.2. The first-order valence-corrected chi connectivity index (χ1v) is 3.00. The second-order valence-corrected chi connectivity index (χ2v) is 1.97. The average molecular weight is 133 g/mol. The standard InChI is InChI=1S/C5H11NOS/c1-3-7-4(2)5(6)8/h4H,3H2,1-2H3,(H2,6,8). The molecule has 0 fully saturated rings. The van der Waals surface area contributed by atoms with Gasteiger partial charge in [-0.3, -0.25) is 0 Å². The molecule has 0 aromatic carbocycles. The zero-order valence-electron chi connectivity index (χ0n) is 5.18. The van der Waals surface area contributed by atoms with Crippen LogP contribution in [0.1, 0.15) is 13.8 Å². The monoisotopic (exact) mass is 133 g/mol. The summed E-state index contributed by atoms with van der Waals surface area (Å²) in [7, 11) is 0. The molecule has 1 atom stereocenters. The van der Waals surface area contributed by atoms with Crippen molar-refractivity contribution >= 4 is 17.2 Å². The first-order chi connectivity index (χ1) is 3.68. The fourth-order valence-electron chi connectivity index (χ4n) is 0.332. The fraction of sp³-hybridized carbons (Fsp3) is 0.800. The average Bonchev–Trinajstić information content (AvgIpc) is 1.67. The van der Waals surface area contributed by atoms with Crippen molar-refractivity contribution in [1.29, 1.82) is 0 Å². The Bertz CT molecular complexity index is 84.5. The van der Waals surface area contributed by atoms with E-state index in [1.54, 1.807) is 0 Å². The summed E-state index contributed by atoms with van der Waals surface area (Å²) in [6.07, 6.45) is -0.0741. The van der Waals surface area contributed by atoms with Crippen molar-refractivity contribution in [3.63, 3.8) is 0 Å². The predicted molar refractivity (Wildman–Crippen MR) is 37.9 cm³/mol. The van der Waals surface area contributed by atoms with Crippen molar-refractivity contribution in [3.8, 4) is 0 Å². The number of hydrogen-bond acceptors (Lipinski definition) is 2. The van der Waals surface area contributed by atoms with Crippen molar-refractivity contribution in [3.05, 3.63) is 0 Å². The molecule has 0 aliphatic heterocycles. The highest BCUT2D eigenvalue weighted by molar-refractivity contribution is 7.80. The zero-order chi connectivity index (χ0) is 6.57. The maximum atomic E-state index is 5.23. The van der Waals surface area contributed by atoms with E-state index in [2.05, 4.69) is 12.2 Å². The van der Waals surface area contributed by atoms with E-state index < -0.39 is 0 Å². The lowest BCUT2D eigenvalue weighted by Crippen LogP contribution is -2.26. The zero-order valence-corrected chi connectivity index (χ0v) is 5.99. The molecule has 0 radical (unpaired) electrons. The Morgan fingerprint density at radius 2 is 2.38 bits per heavy atom. The highest BCUT2D eigenvalue weighted by atomic mass is 32.1. The van der Waals surface area contributed by atoms with Gasteiger partial charge in [-0.15, -0.1) is 0 Å². The van der Waals surface area contributed by atoms with E-state index in [1.165, 1.54) is 0 Å². The molecule has 3 heteroatoms. The third kappa shape index (κ3) is 2.93. The summed E-state index contributed by atoms with van der Waals surface area (Å²) in [4.78, 5) is 0.423. The van der Waals surface area contributed by atoms with Gasteiger partial charge in [0, 0.05) is 6.61 Å². The van der Waals surface area contributed by atoms with Crippen LogP contribution in [0.5, 0.6) is 0 Å². The van der Waals surface area contributed by atoms with Gasteiger partial charge < -0.3 is 10.5 Å². The summed E-state index contributed by atoms with van der Waals surface area (Å²) in [5, 5.41) is 0. The Morgan fingerprint density at radius 1 is 1.88 bits per heavy atom. The Hall–Kier alpha value is -0.150. The van der Waals surface area contributed by atoms with E-state index >= 15 is 0 Å². The van der Waals surface area contributed by atoms with Crippen LogP contribution in [-0.4, -0.2) is 17.7 Å².